The summed E-state index contributed by atoms with van der Waals surface area (Å²) in [4.78, 5) is 36.9. The highest BCUT2D eigenvalue weighted by molar-refractivity contribution is 5.98. The standard InChI is InChI=1S/C24H20F14N2O4/c1-11(2)7-8-44-16(41)14(39-17(42)19(25,26)21(29,30)23(33,34)35)9-12-10-40(15-6-4-3-5-13(12)15)18(43)20(27,28)22(31,32)24(36,37)38/h3-6,10-11,14H,7-9H2,1-2H3,(H,39,42). The zero-order valence-electron chi connectivity index (χ0n) is 22.0. The molecule has 0 bridgehead atoms. The number of carbonyl (C=O) groups excluding carboxylic acids is 3. The number of aromatic nitrogens is 1. The number of hydrogen-bond donors (Lipinski definition) is 1. The van der Waals surface area contributed by atoms with Crippen molar-refractivity contribution in [2.24, 2.45) is 5.92 Å². The molecule has 6 nitrogen and oxygen atoms in total. The maximum atomic E-state index is 14.2. The minimum absolute atomic E-state index is 0.0744. The number of halogens is 14. The molecule has 0 fully saturated rings. The Morgan fingerprint density at radius 2 is 1.30 bits per heavy atom. The van der Waals surface area contributed by atoms with Crippen LogP contribution in [0.3, 0.4) is 0 Å². The molecule has 0 aliphatic carbocycles. The number of nitrogens with zero attached hydrogens (tertiary/aromatic N) is 1. The van der Waals surface area contributed by atoms with E-state index in [9.17, 15) is 75.8 Å². The summed E-state index contributed by atoms with van der Waals surface area (Å²) >= 11 is 0. The van der Waals surface area contributed by atoms with Crippen molar-refractivity contribution in [1.29, 1.82) is 0 Å². The van der Waals surface area contributed by atoms with Gasteiger partial charge >= 0.3 is 47.9 Å². The fourth-order valence-corrected chi connectivity index (χ4v) is 3.52. The van der Waals surface area contributed by atoms with Gasteiger partial charge in [-0.1, -0.05) is 32.0 Å². The molecule has 1 aromatic heterocycles. The summed E-state index contributed by atoms with van der Waals surface area (Å²) in [6.45, 7) is 2.70. The second-order valence-corrected chi connectivity index (χ2v) is 9.72. The van der Waals surface area contributed by atoms with E-state index < -0.39 is 93.9 Å². The van der Waals surface area contributed by atoms with E-state index in [1.165, 1.54) is 0 Å². The van der Waals surface area contributed by atoms with Crippen LogP contribution in [-0.4, -0.2) is 71.0 Å². The molecule has 1 N–H and O–H groups in total. The van der Waals surface area contributed by atoms with Crippen molar-refractivity contribution in [1.82, 2.24) is 9.88 Å². The lowest BCUT2D eigenvalue weighted by molar-refractivity contribution is -0.344. The highest BCUT2D eigenvalue weighted by Gasteiger charge is 2.77. The number of rotatable bonds is 11. The highest BCUT2D eigenvalue weighted by atomic mass is 19.4. The molecule has 248 valence electrons. The molecule has 0 saturated carbocycles. The normalized spacial score (nSPS) is 14.6. The van der Waals surface area contributed by atoms with Gasteiger partial charge in [0.25, 0.3) is 5.91 Å². The maximum absolute atomic E-state index is 14.2. The molecule has 0 radical (unpaired) electrons. The van der Waals surface area contributed by atoms with Gasteiger partial charge in [0.05, 0.1) is 12.1 Å². The molecular weight excluding hydrogens is 646 g/mol. The van der Waals surface area contributed by atoms with Crippen LogP contribution in [0.4, 0.5) is 61.5 Å². The van der Waals surface area contributed by atoms with Crippen LogP contribution in [0.5, 0.6) is 0 Å². The van der Waals surface area contributed by atoms with E-state index in [0.29, 0.717) is 0 Å². The molecular formula is C24H20F14N2O4. The summed E-state index contributed by atoms with van der Waals surface area (Å²) in [5.74, 6) is -35.3. The number of para-hydroxylation sites is 1. The van der Waals surface area contributed by atoms with E-state index in [1.54, 1.807) is 13.8 Å². The van der Waals surface area contributed by atoms with Crippen molar-refractivity contribution in [2.45, 2.75) is 68.8 Å². The number of benzene rings is 1. The molecule has 1 aromatic carbocycles. The Morgan fingerprint density at radius 3 is 1.80 bits per heavy atom. The molecule has 1 amide bonds. The second kappa shape index (κ2) is 12.1. The number of fused-ring (bicyclic) bond motifs is 1. The third-order valence-electron chi connectivity index (χ3n) is 6.02. The van der Waals surface area contributed by atoms with Gasteiger partial charge in [-0.25, -0.2) is 4.79 Å². The Kier molecular flexibility index (Phi) is 10.0. The Hall–Kier alpha value is -3.61. The average molecular weight is 666 g/mol. The lowest BCUT2D eigenvalue weighted by Gasteiger charge is -2.28. The third-order valence-corrected chi connectivity index (χ3v) is 6.02. The van der Waals surface area contributed by atoms with Gasteiger partial charge in [-0.05, 0) is 24.0 Å². The van der Waals surface area contributed by atoms with Crippen LogP contribution < -0.4 is 5.32 Å². The fourth-order valence-electron chi connectivity index (χ4n) is 3.52. The minimum Gasteiger partial charge on any atom is -0.464 e. The predicted molar refractivity (Wildman–Crippen MR) is 121 cm³/mol. The monoisotopic (exact) mass is 666 g/mol. The van der Waals surface area contributed by atoms with E-state index in [2.05, 4.69) is 0 Å². The molecule has 1 unspecified atom stereocenters. The van der Waals surface area contributed by atoms with Gasteiger partial charge in [0, 0.05) is 18.0 Å². The molecule has 2 aromatic rings. The number of nitrogens with one attached hydrogen (secondary N) is 1. The van der Waals surface area contributed by atoms with Gasteiger partial charge in [-0.15, -0.1) is 0 Å². The highest BCUT2D eigenvalue weighted by Crippen LogP contribution is 2.48. The summed E-state index contributed by atoms with van der Waals surface area (Å²) < 4.78 is 190. The number of ether oxygens (including phenoxy) is 1. The summed E-state index contributed by atoms with van der Waals surface area (Å²) in [5.41, 5.74) is -1.51. The Bertz CT molecular complexity index is 1380. The van der Waals surface area contributed by atoms with Gasteiger partial charge in [0.1, 0.15) is 6.04 Å². The largest absolute Gasteiger partial charge is 0.464 e. The number of esters is 1. The average Bonchev–Trinajstić information content (AvgIpc) is 3.24. The van der Waals surface area contributed by atoms with E-state index in [0.717, 1.165) is 29.6 Å². The first-order valence-electron chi connectivity index (χ1n) is 12.0. The lowest BCUT2D eigenvalue weighted by Crippen LogP contribution is -2.61. The molecule has 2 rings (SSSR count). The molecule has 44 heavy (non-hydrogen) atoms. The van der Waals surface area contributed by atoms with Gasteiger partial charge < -0.3 is 10.1 Å². The summed E-state index contributed by atoms with van der Waals surface area (Å²) in [7, 11) is 0. The van der Waals surface area contributed by atoms with Crippen molar-refractivity contribution >= 4 is 28.7 Å². The smallest absolute Gasteiger partial charge is 0.460 e. The van der Waals surface area contributed by atoms with Crippen LogP contribution in [0.1, 0.15) is 30.6 Å². The van der Waals surface area contributed by atoms with Crippen LogP contribution in [0, 0.1) is 5.92 Å². The van der Waals surface area contributed by atoms with Crippen LogP contribution in [-0.2, 0) is 20.7 Å². The van der Waals surface area contributed by atoms with Gasteiger partial charge in [0.2, 0.25) is 0 Å². The summed E-state index contributed by atoms with van der Waals surface area (Å²) in [5, 5.41) is 0.453. The van der Waals surface area contributed by atoms with Gasteiger partial charge in [-0.2, -0.15) is 61.5 Å². The van der Waals surface area contributed by atoms with Crippen molar-refractivity contribution in [3.05, 3.63) is 36.0 Å². The molecule has 20 heteroatoms. The second-order valence-electron chi connectivity index (χ2n) is 9.72. The zero-order chi connectivity index (χ0) is 34.3. The topological polar surface area (TPSA) is 77.4 Å². The van der Waals surface area contributed by atoms with E-state index in [4.69, 9.17) is 4.74 Å². The SMILES string of the molecule is CC(C)CCOC(=O)C(Cc1cn(C(=O)C(F)(F)C(F)(F)C(F)(F)F)c2ccccc12)NC(=O)C(F)(F)C(F)(F)C(F)(F)F. The molecule has 0 aliphatic rings. The number of alkyl halides is 14. The quantitative estimate of drug-likeness (QED) is 0.218. The minimum atomic E-state index is -6.96. The summed E-state index contributed by atoms with van der Waals surface area (Å²) in [6, 6.07) is 1.11. The fraction of sp³-hybridized carbons (Fsp3) is 0.542. The van der Waals surface area contributed by atoms with Crippen molar-refractivity contribution in [3.8, 4) is 0 Å². The molecule has 0 aliphatic heterocycles. The number of hydrogen-bond acceptors (Lipinski definition) is 4. The Balaban J connectivity index is 2.60. The molecule has 0 saturated heterocycles. The van der Waals surface area contributed by atoms with Crippen molar-refractivity contribution < 1.29 is 80.6 Å². The number of amides is 1. The zero-order valence-corrected chi connectivity index (χ0v) is 22.0. The van der Waals surface area contributed by atoms with E-state index in [-0.39, 0.29) is 18.5 Å². The number of carbonyl (C=O) groups is 3. The molecule has 0 spiro atoms. The first kappa shape index (κ1) is 36.6. The Labute approximate surface area is 237 Å². The maximum Gasteiger partial charge on any atom is 0.460 e. The Morgan fingerprint density at radius 1 is 0.795 bits per heavy atom. The molecule has 1 atom stereocenters. The lowest BCUT2D eigenvalue weighted by atomic mass is 10.0. The van der Waals surface area contributed by atoms with Crippen molar-refractivity contribution in [2.75, 3.05) is 6.61 Å². The first-order chi connectivity index (χ1) is 19.7. The first-order valence-corrected chi connectivity index (χ1v) is 12.0. The molecule has 1 heterocycles. The van der Waals surface area contributed by atoms with Crippen LogP contribution in [0.25, 0.3) is 10.9 Å². The van der Waals surface area contributed by atoms with Gasteiger partial charge in [-0.3, -0.25) is 14.2 Å². The van der Waals surface area contributed by atoms with Crippen molar-refractivity contribution in [3.63, 3.8) is 0 Å². The van der Waals surface area contributed by atoms with Gasteiger partial charge in [0.15, 0.2) is 0 Å². The predicted octanol–water partition coefficient (Wildman–Crippen LogP) is 6.56. The van der Waals surface area contributed by atoms with Crippen LogP contribution >= 0.6 is 0 Å². The van der Waals surface area contributed by atoms with Crippen LogP contribution in [0.15, 0.2) is 30.5 Å². The van der Waals surface area contributed by atoms with E-state index in [1.807, 2.05) is 0 Å². The van der Waals surface area contributed by atoms with Crippen LogP contribution in [0.2, 0.25) is 0 Å². The van der Waals surface area contributed by atoms with E-state index >= 15 is 0 Å². The summed E-state index contributed by atoms with van der Waals surface area (Å²) in [6.07, 6.45) is -14.9. The third kappa shape index (κ3) is 6.72.